The average molecular weight is 464 g/mol. The zero-order valence-electron chi connectivity index (χ0n) is 17.2. The highest BCUT2D eigenvalue weighted by Gasteiger charge is 2.35. The van der Waals surface area contributed by atoms with E-state index >= 15 is 0 Å². The normalized spacial score (nSPS) is 23.2. The van der Waals surface area contributed by atoms with E-state index in [2.05, 4.69) is 34.4 Å². The van der Waals surface area contributed by atoms with Crippen LogP contribution in [0.3, 0.4) is 0 Å². The first-order valence-electron chi connectivity index (χ1n) is 10.2. The number of halogens is 2. The number of benzene rings is 1. The lowest BCUT2D eigenvalue weighted by molar-refractivity contribution is -0.123. The van der Waals surface area contributed by atoms with E-state index in [1.807, 2.05) is 4.90 Å². The lowest BCUT2D eigenvalue weighted by Crippen LogP contribution is -2.42. The summed E-state index contributed by atoms with van der Waals surface area (Å²) in [4.78, 5) is 47.6. The van der Waals surface area contributed by atoms with Crippen molar-refractivity contribution in [1.29, 1.82) is 0 Å². The van der Waals surface area contributed by atoms with Gasteiger partial charge in [-0.1, -0.05) is 37.0 Å². The molecule has 2 aliphatic heterocycles. The number of rotatable bonds is 3. The third-order valence-corrected chi connectivity index (χ3v) is 5.99. The number of amides is 2. The van der Waals surface area contributed by atoms with E-state index in [0.29, 0.717) is 33.5 Å². The van der Waals surface area contributed by atoms with E-state index in [0.717, 1.165) is 19.5 Å². The number of H-pyrrole nitrogens is 1. The van der Waals surface area contributed by atoms with Crippen LogP contribution in [-0.2, 0) is 9.59 Å². The molecule has 2 aliphatic rings. The van der Waals surface area contributed by atoms with Crippen LogP contribution in [-0.4, -0.2) is 34.9 Å². The van der Waals surface area contributed by atoms with E-state index in [1.165, 1.54) is 0 Å². The minimum absolute atomic E-state index is 0.130. The topological polar surface area (TPSA) is 107 Å². The summed E-state index contributed by atoms with van der Waals surface area (Å²) >= 11 is 12.0. The second-order valence-corrected chi connectivity index (χ2v) is 9.33. The van der Waals surface area contributed by atoms with Crippen molar-refractivity contribution in [3.05, 3.63) is 44.2 Å². The van der Waals surface area contributed by atoms with Crippen LogP contribution in [0.4, 0.5) is 17.5 Å². The van der Waals surface area contributed by atoms with Crippen molar-refractivity contribution in [3.63, 3.8) is 0 Å². The number of hydrogen-bond donors (Lipinski definition) is 3. The Balaban J connectivity index is 1.65. The fraction of sp³-hybridized carbons (Fsp3) is 0.429. The molecule has 3 heterocycles. The van der Waals surface area contributed by atoms with Crippen molar-refractivity contribution >= 4 is 52.5 Å². The number of hydrogen-bond acceptors (Lipinski definition) is 5. The summed E-state index contributed by atoms with van der Waals surface area (Å²) in [7, 11) is 0. The molecule has 4 rings (SSSR count). The number of carbonyl (C=O) groups excluding carboxylic acids is 2. The van der Waals surface area contributed by atoms with E-state index in [4.69, 9.17) is 23.2 Å². The molecule has 1 aromatic carbocycles. The van der Waals surface area contributed by atoms with Gasteiger partial charge in [-0.15, -0.1) is 0 Å². The predicted octanol–water partition coefficient (Wildman–Crippen LogP) is 3.62. The molecule has 0 bridgehead atoms. The highest BCUT2D eigenvalue weighted by Crippen LogP contribution is 2.32. The van der Waals surface area contributed by atoms with Crippen molar-refractivity contribution in [1.82, 2.24) is 9.97 Å². The highest BCUT2D eigenvalue weighted by atomic mass is 35.5. The van der Waals surface area contributed by atoms with E-state index in [-0.39, 0.29) is 23.7 Å². The molecule has 0 radical (unpaired) electrons. The molecule has 31 heavy (non-hydrogen) atoms. The minimum Gasteiger partial charge on any atom is -0.342 e. The molecule has 1 fully saturated rings. The predicted molar refractivity (Wildman–Crippen MR) is 121 cm³/mol. The van der Waals surface area contributed by atoms with Gasteiger partial charge in [0.15, 0.2) is 0 Å². The number of aromatic amines is 1. The van der Waals surface area contributed by atoms with Crippen LogP contribution in [0.15, 0.2) is 23.0 Å². The van der Waals surface area contributed by atoms with Gasteiger partial charge in [-0.2, -0.15) is 4.98 Å². The average Bonchev–Trinajstić information content (AvgIpc) is 2.65. The monoisotopic (exact) mass is 463 g/mol. The maximum Gasteiger partial charge on any atom is 0.258 e. The first kappa shape index (κ1) is 21.6. The molecule has 2 aromatic rings. The third kappa shape index (κ3) is 4.70. The summed E-state index contributed by atoms with van der Waals surface area (Å²) in [5.74, 6) is -0.400. The lowest BCUT2D eigenvalue weighted by atomic mass is 9.91. The summed E-state index contributed by atoms with van der Waals surface area (Å²) in [6, 6.07) is 4.62. The van der Waals surface area contributed by atoms with Crippen molar-refractivity contribution in [2.24, 2.45) is 11.8 Å². The van der Waals surface area contributed by atoms with Crippen LogP contribution in [0.1, 0.15) is 38.2 Å². The lowest BCUT2D eigenvalue weighted by Gasteiger charge is -2.35. The van der Waals surface area contributed by atoms with E-state index < -0.39 is 17.4 Å². The molecule has 3 atom stereocenters. The Morgan fingerprint density at radius 1 is 1.13 bits per heavy atom. The molecule has 0 aliphatic carbocycles. The Bertz CT molecular complexity index is 1070. The van der Waals surface area contributed by atoms with Crippen LogP contribution in [0.25, 0.3) is 0 Å². The Morgan fingerprint density at radius 3 is 2.42 bits per heavy atom. The maximum absolute atomic E-state index is 13.0. The molecular weight excluding hydrogens is 441 g/mol. The van der Waals surface area contributed by atoms with Gasteiger partial charge in [0.2, 0.25) is 17.8 Å². The van der Waals surface area contributed by atoms with E-state index in [1.54, 1.807) is 18.2 Å². The molecule has 2 amide bonds. The number of nitrogens with zero attached hydrogens (tertiary/aromatic N) is 2. The SMILES string of the molecule is C[C@@H]1C[C@H](C)CN(c2nc3c(c(=O)[nH]2)[C@@H](C(=O)Nc2cc(Cl)cc(Cl)c2)CC(=O)N3)C1. The first-order valence-corrected chi connectivity index (χ1v) is 10.9. The quantitative estimate of drug-likeness (QED) is 0.643. The smallest absolute Gasteiger partial charge is 0.258 e. The third-order valence-electron chi connectivity index (χ3n) is 5.55. The summed E-state index contributed by atoms with van der Waals surface area (Å²) < 4.78 is 0. The van der Waals surface area contributed by atoms with Crippen LogP contribution in [0.5, 0.6) is 0 Å². The van der Waals surface area contributed by atoms with Crippen molar-refractivity contribution in [3.8, 4) is 0 Å². The molecule has 0 spiro atoms. The Morgan fingerprint density at radius 2 is 1.77 bits per heavy atom. The maximum atomic E-state index is 13.0. The fourth-order valence-electron chi connectivity index (χ4n) is 4.42. The van der Waals surface area contributed by atoms with E-state index in [9.17, 15) is 14.4 Å². The molecular formula is C21H23Cl2N5O3. The Labute approximate surface area is 189 Å². The number of fused-ring (bicyclic) bond motifs is 1. The molecule has 10 heteroatoms. The summed E-state index contributed by atoms with van der Waals surface area (Å²) in [5.41, 5.74) is 0.0922. The van der Waals surface area contributed by atoms with Gasteiger partial charge in [-0.25, -0.2) is 0 Å². The zero-order valence-corrected chi connectivity index (χ0v) is 18.7. The van der Waals surface area contributed by atoms with Gasteiger partial charge in [0.25, 0.3) is 5.56 Å². The second kappa shape index (κ2) is 8.51. The van der Waals surface area contributed by atoms with Gasteiger partial charge >= 0.3 is 0 Å². The summed E-state index contributed by atoms with van der Waals surface area (Å²) in [6.45, 7) is 5.84. The number of nitrogens with one attached hydrogen (secondary N) is 3. The van der Waals surface area contributed by atoms with Gasteiger partial charge in [0, 0.05) is 35.2 Å². The van der Waals surface area contributed by atoms with Crippen molar-refractivity contribution < 1.29 is 9.59 Å². The molecule has 164 valence electrons. The van der Waals surface area contributed by atoms with Crippen LogP contribution in [0.2, 0.25) is 10.0 Å². The van der Waals surface area contributed by atoms with Gasteiger partial charge in [0.05, 0.1) is 11.5 Å². The van der Waals surface area contributed by atoms with Gasteiger partial charge < -0.3 is 15.5 Å². The molecule has 0 unspecified atom stereocenters. The van der Waals surface area contributed by atoms with Crippen molar-refractivity contribution in [2.45, 2.75) is 32.6 Å². The second-order valence-electron chi connectivity index (χ2n) is 8.46. The Hall–Kier alpha value is -2.58. The molecule has 3 N–H and O–H groups in total. The minimum atomic E-state index is -0.981. The van der Waals surface area contributed by atoms with Gasteiger partial charge in [-0.05, 0) is 36.5 Å². The van der Waals surface area contributed by atoms with Crippen LogP contribution < -0.4 is 21.1 Å². The highest BCUT2D eigenvalue weighted by molar-refractivity contribution is 6.35. The molecule has 1 saturated heterocycles. The number of aromatic nitrogens is 2. The van der Waals surface area contributed by atoms with Crippen LogP contribution in [0, 0.1) is 11.8 Å². The Kier molecular flexibility index (Phi) is 5.94. The summed E-state index contributed by atoms with van der Waals surface area (Å²) in [5, 5.41) is 6.06. The zero-order chi connectivity index (χ0) is 22.3. The van der Waals surface area contributed by atoms with Gasteiger partial charge in [-0.3, -0.25) is 19.4 Å². The molecule has 0 saturated carbocycles. The number of carbonyl (C=O) groups is 2. The summed E-state index contributed by atoms with van der Waals surface area (Å²) in [6.07, 6.45) is 0.952. The number of anilines is 3. The largest absolute Gasteiger partial charge is 0.342 e. The standard InChI is InChI=1S/C21H23Cl2N5O3/c1-10-3-11(2)9-28(8-10)21-26-18-17(20(31)27-21)15(7-16(29)25-18)19(30)24-14-5-12(22)4-13(23)6-14/h4-6,10-11,15H,3,7-9H2,1-2H3,(H,24,30)(H2,25,26,27,29,31)/t10-,11+,15-/m0/s1. The first-order chi connectivity index (χ1) is 14.7. The number of piperidine rings is 1. The fourth-order valence-corrected chi connectivity index (χ4v) is 4.95. The molecule has 8 nitrogen and oxygen atoms in total. The van der Waals surface area contributed by atoms with Crippen LogP contribution >= 0.6 is 23.2 Å². The molecule has 1 aromatic heterocycles. The van der Waals surface area contributed by atoms with Gasteiger partial charge in [0.1, 0.15) is 5.82 Å². The van der Waals surface area contributed by atoms with Crippen molar-refractivity contribution in [2.75, 3.05) is 28.6 Å².